The van der Waals surface area contributed by atoms with Crippen LogP contribution in [0.25, 0.3) is 0 Å². The van der Waals surface area contributed by atoms with Crippen LogP contribution >= 0.6 is 34.7 Å². The number of alkyl halides is 1. The van der Waals surface area contributed by atoms with Gasteiger partial charge in [0.1, 0.15) is 10.4 Å². The van der Waals surface area contributed by atoms with Crippen molar-refractivity contribution < 1.29 is 4.79 Å². The summed E-state index contributed by atoms with van der Waals surface area (Å²) in [4.78, 5) is 14.8. The van der Waals surface area contributed by atoms with Gasteiger partial charge in [-0.3, -0.25) is 4.79 Å². The predicted molar refractivity (Wildman–Crippen MR) is 123 cm³/mol. The molecular formula is C22H24ClN3OS2. The van der Waals surface area contributed by atoms with E-state index in [4.69, 9.17) is 11.6 Å². The minimum atomic E-state index is -0.556. The van der Waals surface area contributed by atoms with Gasteiger partial charge < -0.3 is 4.90 Å². The molecule has 3 rings (SSSR count). The molecule has 1 heterocycles. The van der Waals surface area contributed by atoms with Gasteiger partial charge in [-0.1, -0.05) is 85.5 Å². The molecule has 0 saturated carbocycles. The van der Waals surface area contributed by atoms with Gasteiger partial charge in [0.05, 0.1) is 6.54 Å². The highest BCUT2D eigenvalue weighted by Crippen LogP contribution is 2.29. The molecule has 3 aromatic rings. The molecule has 152 valence electrons. The molecular weight excluding hydrogens is 422 g/mol. The molecule has 0 saturated heterocycles. The Morgan fingerprint density at radius 3 is 2.55 bits per heavy atom. The van der Waals surface area contributed by atoms with Crippen LogP contribution in [0.5, 0.6) is 0 Å². The third kappa shape index (κ3) is 5.81. The standard InChI is InChI=1S/C22H24ClN3OS2/c1-3-17-12-8-9-13-19(17)26(21(27)18(23)4-2)14-20-24-25-22(29-20)28-15-16-10-6-5-7-11-16/h5-13,18H,3-4,14-15H2,1-2H3. The van der Waals surface area contributed by atoms with Crippen molar-refractivity contribution in [1.82, 2.24) is 10.2 Å². The van der Waals surface area contributed by atoms with E-state index in [1.807, 2.05) is 49.4 Å². The molecule has 0 aliphatic carbocycles. The number of halogens is 1. The third-order valence-corrected chi connectivity index (χ3v) is 7.11. The number of rotatable bonds is 9. The molecule has 0 aliphatic rings. The minimum absolute atomic E-state index is 0.0937. The number of benzene rings is 2. The molecule has 1 amide bonds. The molecule has 7 heteroatoms. The van der Waals surface area contributed by atoms with Crippen LogP contribution in [-0.4, -0.2) is 21.5 Å². The molecule has 4 nitrogen and oxygen atoms in total. The molecule has 2 aromatic carbocycles. The Hall–Kier alpha value is -1.89. The Kier molecular flexibility index (Phi) is 8.09. The fourth-order valence-electron chi connectivity index (χ4n) is 2.91. The first-order chi connectivity index (χ1) is 14.1. The van der Waals surface area contributed by atoms with E-state index < -0.39 is 5.38 Å². The summed E-state index contributed by atoms with van der Waals surface area (Å²) in [5, 5.41) is 8.88. The van der Waals surface area contributed by atoms with E-state index in [1.165, 1.54) is 16.9 Å². The van der Waals surface area contributed by atoms with Crippen LogP contribution in [0.15, 0.2) is 58.9 Å². The molecule has 29 heavy (non-hydrogen) atoms. The van der Waals surface area contributed by atoms with Crippen LogP contribution in [0.2, 0.25) is 0 Å². The molecule has 1 atom stereocenters. The fourth-order valence-corrected chi connectivity index (χ4v) is 4.87. The van der Waals surface area contributed by atoms with E-state index in [9.17, 15) is 4.79 Å². The maximum atomic E-state index is 13.0. The highest BCUT2D eigenvalue weighted by molar-refractivity contribution is 8.00. The summed E-state index contributed by atoms with van der Waals surface area (Å²) in [5.41, 5.74) is 3.26. The lowest BCUT2D eigenvalue weighted by molar-refractivity contribution is -0.118. The molecule has 0 radical (unpaired) electrons. The number of nitrogens with zero attached hydrogens (tertiary/aromatic N) is 3. The molecule has 1 unspecified atom stereocenters. The molecule has 0 N–H and O–H groups in total. The maximum absolute atomic E-state index is 13.0. The van der Waals surface area contributed by atoms with Gasteiger partial charge in [0, 0.05) is 11.4 Å². The van der Waals surface area contributed by atoms with Crippen molar-refractivity contribution in [3.63, 3.8) is 0 Å². The second-order valence-electron chi connectivity index (χ2n) is 6.52. The van der Waals surface area contributed by atoms with Crippen LogP contribution < -0.4 is 4.90 Å². The smallest absolute Gasteiger partial charge is 0.245 e. The highest BCUT2D eigenvalue weighted by atomic mass is 35.5. The maximum Gasteiger partial charge on any atom is 0.245 e. The number of carbonyl (C=O) groups excluding carboxylic acids is 1. The van der Waals surface area contributed by atoms with Gasteiger partial charge in [0.2, 0.25) is 5.91 Å². The van der Waals surface area contributed by atoms with Crippen molar-refractivity contribution in [3.05, 3.63) is 70.7 Å². The minimum Gasteiger partial charge on any atom is -0.304 e. The van der Waals surface area contributed by atoms with Gasteiger partial charge in [-0.15, -0.1) is 21.8 Å². The third-order valence-electron chi connectivity index (χ3n) is 4.50. The highest BCUT2D eigenvalue weighted by Gasteiger charge is 2.25. The van der Waals surface area contributed by atoms with E-state index in [0.29, 0.717) is 13.0 Å². The van der Waals surface area contributed by atoms with Crippen LogP contribution in [0, 0.1) is 0 Å². The average Bonchev–Trinajstić information content (AvgIpc) is 3.23. The number of aromatic nitrogens is 2. The Morgan fingerprint density at radius 1 is 1.10 bits per heavy atom. The van der Waals surface area contributed by atoms with Gasteiger partial charge in [-0.2, -0.15) is 0 Å². The first-order valence-corrected chi connectivity index (χ1v) is 11.9. The fraction of sp³-hybridized carbons (Fsp3) is 0.318. The van der Waals surface area contributed by atoms with Crippen molar-refractivity contribution >= 4 is 46.3 Å². The molecule has 1 aromatic heterocycles. The Morgan fingerprint density at radius 2 is 1.83 bits per heavy atom. The summed E-state index contributed by atoms with van der Waals surface area (Å²) in [6.07, 6.45) is 1.42. The predicted octanol–water partition coefficient (Wildman–Crippen LogP) is 5.94. The van der Waals surface area contributed by atoms with Crippen molar-refractivity contribution in [3.8, 4) is 0 Å². The van der Waals surface area contributed by atoms with E-state index in [0.717, 1.165) is 32.8 Å². The first kappa shape index (κ1) is 21.8. The van der Waals surface area contributed by atoms with Gasteiger partial charge in [-0.05, 0) is 30.0 Å². The van der Waals surface area contributed by atoms with Crippen molar-refractivity contribution in [2.45, 2.75) is 48.7 Å². The number of para-hydroxylation sites is 1. The van der Waals surface area contributed by atoms with Crippen LogP contribution in [-0.2, 0) is 23.5 Å². The topological polar surface area (TPSA) is 46.1 Å². The van der Waals surface area contributed by atoms with E-state index in [2.05, 4.69) is 29.3 Å². The zero-order valence-corrected chi connectivity index (χ0v) is 18.9. The van der Waals surface area contributed by atoms with Crippen LogP contribution in [0.3, 0.4) is 0 Å². The number of aryl methyl sites for hydroxylation is 1. The molecule has 0 fully saturated rings. The number of carbonyl (C=O) groups is 1. The summed E-state index contributed by atoms with van der Waals surface area (Å²) < 4.78 is 0.901. The van der Waals surface area contributed by atoms with Crippen molar-refractivity contribution in [2.75, 3.05) is 4.90 Å². The second-order valence-corrected chi connectivity index (χ2v) is 9.33. The monoisotopic (exact) mass is 445 g/mol. The molecule has 0 aliphatic heterocycles. The van der Waals surface area contributed by atoms with Gasteiger partial charge >= 0.3 is 0 Å². The SMILES string of the molecule is CCc1ccccc1N(Cc1nnc(SCc2ccccc2)s1)C(=O)C(Cl)CC. The van der Waals surface area contributed by atoms with Crippen molar-refractivity contribution in [2.24, 2.45) is 0 Å². The second kappa shape index (κ2) is 10.8. The summed E-state index contributed by atoms with van der Waals surface area (Å²) in [7, 11) is 0. The van der Waals surface area contributed by atoms with Crippen molar-refractivity contribution in [1.29, 1.82) is 0 Å². The van der Waals surface area contributed by atoms with Crippen LogP contribution in [0.1, 0.15) is 36.4 Å². The lowest BCUT2D eigenvalue weighted by atomic mass is 10.1. The Balaban J connectivity index is 1.77. The van der Waals surface area contributed by atoms with E-state index in [-0.39, 0.29) is 5.91 Å². The summed E-state index contributed by atoms with van der Waals surface area (Å²) >= 11 is 9.51. The number of amides is 1. The van der Waals surface area contributed by atoms with E-state index in [1.54, 1.807) is 16.7 Å². The Labute approximate surface area is 185 Å². The van der Waals surface area contributed by atoms with Gasteiger partial charge in [-0.25, -0.2) is 0 Å². The zero-order valence-electron chi connectivity index (χ0n) is 16.5. The lowest BCUT2D eigenvalue weighted by Gasteiger charge is -2.26. The van der Waals surface area contributed by atoms with E-state index >= 15 is 0 Å². The van der Waals surface area contributed by atoms with Gasteiger partial charge in [0.25, 0.3) is 0 Å². The molecule has 0 bridgehead atoms. The summed E-state index contributed by atoms with van der Waals surface area (Å²) in [5.74, 6) is 0.750. The number of anilines is 1. The first-order valence-electron chi connectivity index (χ1n) is 9.64. The molecule has 0 spiro atoms. The largest absolute Gasteiger partial charge is 0.304 e. The number of thioether (sulfide) groups is 1. The quantitative estimate of drug-likeness (QED) is 0.302. The normalized spacial score (nSPS) is 12.0. The van der Waals surface area contributed by atoms with Crippen LogP contribution in [0.4, 0.5) is 5.69 Å². The zero-order chi connectivity index (χ0) is 20.6. The summed E-state index contributed by atoms with van der Waals surface area (Å²) in [6.45, 7) is 4.38. The number of hydrogen-bond donors (Lipinski definition) is 0. The Bertz CT molecular complexity index is 933. The van der Waals surface area contributed by atoms with Gasteiger partial charge in [0.15, 0.2) is 4.34 Å². The summed E-state index contributed by atoms with van der Waals surface area (Å²) in [6, 6.07) is 18.2. The lowest BCUT2D eigenvalue weighted by Crippen LogP contribution is -2.36. The number of hydrogen-bond acceptors (Lipinski definition) is 5. The average molecular weight is 446 g/mol.